The molecule has 1 aromatic heterocycles. The van der Waals surface area contributed by atoms with Crippen LogP contribution in [0, 0.1) is 0 Å². The van der Waals surface area contributed by atoms with Crippen LogP contribution < -0.4 is 4.90 Å². The van der Waals surface area contributed by atoms with Gasteiger partial charge in [0.2, 0.25) is 0 Å². The highest BCUT2D eigenvalue weighted by atomic mass is 32.1. The zero-order valence-electron chi connectivity index (χ0n) is 35.9. The summed E-state index contributed by atoms with van der Waals surface area (Å²) in [7, 11) is 0. The number of benzene rings is 10. The van der Waals surface area contributed by atoms with Gasteiger partial charge in [0.05, 0.1) is 11.1 Å². The van der Waals surface area contributed by atoms with Crippen molar-refractivity contribution in [3.63, 3.8) is 0 Å². The third-order valence-corrected chi connectivity index (χ3v) is 14.7. The molecule has 0 N–H and O–H groups in total. The van der Waals surface area contributed by atoms with E-state index in [0.717, 1.165) is 11.4 Å². The van der Waals surface area contributed by atoms with Crippen molar-refractivity contribution in [1.29, 1.82) is 0 Å². The molecule has 10 aromatic carbocycles. The molecule has 0 unspecified atom stereocenters. The lowest BCUT2D eigenvalue weighted by atomic mass is 9.67. The van der Waals surface area contributed by atoms with E-state index in [1.807, 2.05) is 11.3 Å². The zero-order chi connectivity index (χ0) is 42.8. The quantitative estimate of drug-likeness (QED) is 0.147. The number of nitrogens with zero attached hydrogens (tertiary/aromatic N) is 1. The second-order valence-electron chi connectivity index (χ2n) is 17.3. The van der Waals surface area contributed by atoms with Crippen molar-refractivity contribution >= 4 is 59.3 Å². The van der Waals surface area contributed by atoms with E-state index in [1.54, 1.807) is 0 Å². The van der Waals surface area contributed by atoms with Gasteiger partial charge in [0.1, 0.15) is 0 Å². The van der Waals surface area contributed by atoms with Gasteiger partial charge in [0.25, 0.3) is 0 Å². The summed E-state index contributed by atoms with van der Waals surface area (Å²) in [4.78, 5) is 2.51. The third-order valence-electron chi connectivity index (χ3n) is 13.5. The maximum absolute atomic E-state index is 2.51. The van der Waals surface area contributed by atoms with Gasteiger partial charge in [0, 0.05) is 31.5 Å². The minimum absolute atomic E-state index is 0.356. The number of fused-ring (bicyclic) bond motifs is 7. The number of rotatable bonds is 8. The SMILES string of the molecule is CC(C)c1cccc2c1-c1ccc(N(c3ccc(-c4ccc5ccccc5c4-c4ccccc4)cc3)c3cccc4sc5ccccc5c34)cc1C2(c1ccccc1)c1ccccc1. The Labute approximate surface area is 379 Å². The van der Waals surface area contributed by atoms with E-state index in [4.69, 9.17) is 0 Å². The third kappa shape index (κ3) is 5.90. The van der Waals surface area contributed by atoms with Gasteiger partial charge in [-0.15, -0.1) is 11.3 Å². The van der Waals surface area contributed by atoms with Crippen LogP contribution in [-0.2, 0) is 5.41 Å². The zero-order valence-corrected chi connectivity index (χ0v) is 36.7. The largest absolute Gasteiger partial charge is 0.310 e. The van der Waals surface area contributed by atoms with Crippen molar-refractivity contribution in [3.8, 4) is 33.4 Å². The fraction of sp³-hybridized carbons (Fsp3) is 0.0645. The lowest BCUT2D eigenvalue weighted by Gasteiger charge is -2.35. The molecule has 1 aliphatic carbocycles. The Kier molecular flexibility index (Phi) is 9.17. The summed E-state index contributed by atoms with van der Waals surface area (Å²) in [5.41, 5.74) is 17.0. The normalized spacial score (nSPS) is 12.8. The van der Waals surface area contributed by atoms with Crippen LogP contribution in [0.1, 0.15) is 47.6 Å². The molecule has 64 heavy (non-hydrogen) atoms. The monoisotopic (exact) mass is 835 g/mol. The van der Waals surface area contributed by atoms with Crippen molar-refractivity contribution in [2.24, 2.45) is 0 Å². The van der Waals surface area contributed by atoms with Crippen molar-refractivity contribution in [2.45, 2.75) is 25.2 Å². The Balaban J connectivity index is 1.12. The molecule has 0 radical (unpaired) electrons. The Hall–Kier alpha value is -7.52. The van der Waals surface area contributed by atoms with Gasteiger partial charge in [-0.2, -0.15) is 0 Å². The number of hydrogen-bond acceptors (Lipinski definition) is 2. The van der Waals surface area contributed by atoms with Crippen LogP contribution in [0.25, 0.3) is 64.3 Å². The summed E-state index contributed by atoms with van der Waals surface area (Å²) in [6.07, 6.45) is 0. The Morgan fingerprint density at radius 2 is 1.03 bits per heavy atom. The Morgan fingerprint density at radius 1 is 0.422 bits per heavy atom. The predicted octanol–water partition coefficient (Wildman–Crippen LogP) is 17.5. The highest BCUT2D eigenvalue weighted by Crippen LogP contribution is 2.59. The van der Waals surface area contributed by atoms with E-state index in [1.165, 1.54) is 97.8 Å². The maximum atomic E-state index is 2.51. The molecule has 1 aliphatic rings. The van der Waals surface area contributed by atoms with Crippen molar-refractivity contribution in [3.05, 3.63) is 258 Å². The molecule has 12 rings (SSSR count). The highest BCUT2D eigenvalue weighted by molar-refractivity contribution is 7.26. The molecule has 0 spiro atoms. The fourth-order valence-electron chi connectivity index (χ4n) is 10.8. The average molecular weight is 836 g/mol. The van der Waals surface area contributed by atoms with Crippen LogP contribution in [0.3, 0.4) is 0 Å². The van der Waals surface area contributed by atoms with Crippen molar-refractivity contribution in [2.75, 3.05) is 4.90 Å². The van der Waals surface area contributed by atoms with Gasteiger partial charge in [-0.05, 0) is 120 Å². The highest BCUT2D eigenvalue weighted by Gasteiger charge is 2.47. The molecule has 0 saturated heterocycles. The van der Waals surface area contributed by atoms with Gasteiger partial charge in [0.15, 0.2) is 0 Å². The molecular weight excluding hydrogens is 791 g/mol. The molecule has 0 amide bonds. The fourth-order valence-corrected chi connectivity index (χ4v) is 11.9. The van der Waals surface area contributed by atoms with E-state index in [2.05, 4.69) is 249 Å². The Bertz CT molecular complexity index is 3470. The first kappa shape index (κ1) is 38.2. The van der Waals surface area contributed by atoms with E-state index in [-0.39, 0.29) is 0 Å². The molecule has 0 atom stereocenters. The van der Waals surface area contributed by atoms with Crippen LogP contribution in [0.4, 0.5) is 17.1 Å². The topological polar surface area (TPSA) is 3.24 Å². The molecular formula is C62H45NS. The van der Waals surface area contributed by atoms with Crippen molar-refractivity contribution in [1.82, 2.24) is 0 Å². The molecule has 0 bridgehead atoms. The van der Waals surface area contributed by atoms with Gasteiger partial charge < -0.3 is 4.90 Å². The smallest absolute Gasteiger partial charge is 0.0714 e. The standard InChI is InChI=1S/C62H45NS/c1-41(2)49-27-16-28-54-60(49)52-39-37-48(40-55(52)62(54,45-21-8-4-9-22-45)46-23-10-5-11-24-46)63(56-29-17-31-58-61(56)53-26-14-15-30-57(53)64-58)47-35-32-43(33-36-47)51-38-34-42-18-12-13-25-50(42)59(51)44-19-6-3-7-20-44/h3-41H,1-2H3. The van der Waals surface area contributed by atoms with Gasteiger partial charge >= 0.3 is 0 Å². The molecule has 0 fully saturated rings. The second kappa shape index (κ2) is 15.4. The van der Waals surface area contributed by atoms with Crippen LogP contribution >= 0.6 is 11.3 Å². The van der Waals surface area contributed by atoms with E-state index >= 15 is 0 Å². The molecule has 0 aliphatic heterocycles. The summed E-state index contributed by atoms with van der Waals surface area (Å²) >= 11 is 1.87. The molecule has 2 heteroatoms. The molecule has 0 saturated carbocycles. The first-order valence-corrected chi connectivity index (χ1v) is 23.2. The number of thiophene rings is 1. The molecule has 11 aromatic rings. The van der Waals surface area contributed by atoms with E-state index in [9.17, 15) is 0 Å². The van der Waals surface area contributed by atoms with Gasteiger partial charge in [-0.25, -0.2) is 0 Å². The summed E-state index contributed by atoms with van der Waals surface area (Å²) < 4.78 is 2.57. The first-order valence-electron chi connectivity index (χ1n) is 22.4. The predicted molar refractivity (Wildman–Crippen MR) is 274 cm³/mol. The number of anilines is 3. The van der Waals surface area contributed by atoms with Crippen LogP contribution in [0.5, 0.6) is 0 Å². The average Bonchev–Trinajstić information content (AvgIpc) is 3.89. The first-order chi connectivity index (χ1) is 31.6. The summed E-state index contributed by atoms with van der Waals surface area (Å²) in [6.45, 7) is 4.65. The summed E-state index contributed by atoms with van der Waals surface area (Å²) in [5.74, 6) is 0.356. The summed E-state index contributed by atoms with van der Waals surface area (Å²) in [5, 5.41) is 5.05. The minimum Gasteiger partial charge on any atom is -0.310 e. The second-order valence-corrected chi connectivity index (χ2v) is 18.4. The lowest BCUT2D eigenvalue weighted by Crippen LogP contribution is -2.28. The van der Waals surface area contributed by atoms with Gasteiger partial charge in [-0.1, -0.05) is 202 Å². The molecule has 1 heterocycles. The molecule has 304 valence electrons. The van der Waals surface area contributed by atoms with E-state index < -0.39 is 5.41 Å². The van der Waals surface area contributed by atoms with Crippen molar-refractivity contribution < 1.29 is 0 Å². The lowest BCUT2D eigenvalue weighted by molar-refractivity contribution is 0.765. The van der Waals surface area contributed by atoms with Crippen LogP contribution in [-0.4, -0.2) is 0 Å². The molecule has 1 nitrogen and oxygen atoms in total. The van der Waals surface area contributed by atoms with E-state index in [0.29, 0.717) is 5.92 Å². The van der Waals surface area contributed by atoms with Gasteiger partial charge in [-0.3, -0.25) is 0 Å². The number of hydrogen-bond donors (Lipinski definition) is 0. The van der Waals surface area contributed by atoms with Crippen LogP contribution in [0.2, 0.25) is 0 Å². The summed E-state index contributed by atoms with van der Waals surface area (Å²) in [6, 6.07) is 85.8. The Morgan fingerprint density at radius 3 is 1.77 bits per heavy atom. The minimum atomic E-state index is -0.533. The van der Waals surface area contributed by atoms with Crippen LogP contribution in [0.15, 0.2) is 231 Å². The maximum Gasteiger partial charge on any atom is 0.0714 e.